The topological polar surface area (TPSA) is 206 Å². The van der Waals surface area contributed by atoms with E-state index in [0.29, 0.717) is 31.4 Å². The molecule has 1 unspecified atom stereocenters. The summed E-state index contributed by atoms with van der Waals surface area (Å²) in [6, 6.07) is 4.27. The molecule has 1 aromatic rings. The lowest BCUT2D eigenvalue weighted by atomic mass is 9.83. The molecule has 0 aromatic heterocycles. The van der Waals surface area contributed by atoms with Crippen molar-refractivity contribution in [3.63, 3.8) is 0 Å². The number of Topliss-reactive ketones (excluding diaryl/α,β-unsaturated/α-hetero) is 1. The first-order valence-corrected chi connectivity index (χ1v) is 16.9. The molecule has 0 spiro atoms. The van der Waals surface area contributed by atoms with E-state index >= 15 is 0 Å². The lowest BCUT2D eigenvalue weighted by Crippen LogP contribution is -2.58. The number of nitrogens with zero attached hydrogens (tertiary/aromatic N) is 1. The van der Waals surface area contributed by atoms with Crippen molar-refractivity contribution in [1.29, 1.82) is 0 Å². The van der Waals surface area contributed by atoms with E-state index in [4.69, 9.17) is 10.5 Å². The number of ketones is 1. The van der Waals surface area contributed by atoms with Crippen LogP contribution in [0, 0.1) is 11.8 Å². The molecule has 3 rings (SSSR count). The predicted molar refractivity (Wildman–Crippen MR) is 176 cm³/mol. The molecule has 4 atom stereocenters. The monoisotopic (exact) mass is 670 g/mol. The lowest BCUT2D eigenvalue weighted by Gasteiger charge is -2.34. The Balaban J connectivity index is 1.63. The Morgan fingerprint density at radius 1 is 0.917 bits per heavy atom. The van der Waals surface area contributed by atoms with Crippen LogP contribution >= 0.6 is 0 Å². The number of rotatable bonds is 16. The van der Waals surface area contributed by atoms with Crippen molar-refractivity contribution in [2.45, 2.75) is 103 Å². The largest absolute Gasteiger partial charge is 0.449 e. The summed E-state index contributed by atoms with van der Waals surface area (Å²) in [5.74, 6) is -4.48. The van der Waals surface area contributed by atoms with Gasteiger partial charge in [-0.3, -0.25) is 28.8 Å². The minimum atomic E-state index is -1.19. The van der Waals surface area contributed by atoms with Crippen molar-refractivity contribution in [2.24, 2.45) is 17.6 Å². The summed E-state index contributed by atoms with van der Waals surface area (Å²) in [4.78, 5) is 91.9. The lowest BCUT2D eigenvalue weighted by molar-refractivity contribution is -0.143. The van der Waals surface area contributed by atoms with E-state index in [0.717, 1.165) is 32.1 Å². The average Bonchev–Trinajstić information content (AvgIpc) is 3.58. The van der Waals surface area contributed by atoms with E-state index in [1.54, 1.807) is 37.3 Å². The number of amides is 6. The first-order chi connectivity index (χ1) is 22.9. The van der Waals surface area contributed by atoms with Gasteiger partial charge in [-0.25, -0.2) is 4.79 Å². The van der Waals surface area contributed by atoms with Crippen LogP contribution in [0.5, 0.6) is 0 Å². The molecule has 2 fully saturated rings. The highest BCUT2D eigenvalue weighted by Crippen LogP contribution is 2.29. The van der Waals surface area contributed by atoms with E-state index in [2.05, 4.69) is 21.3 Å². The van der Waals surface area contributed by atoms with Crippen LogP contribution in [0.4, 0.5) is 4.79 Å². The Labute approximate surface area is 281 Å². The fourth-order valence-electron chi connectivity index (χ4n) is 6.15. The van der Waals surface area contributed by atoms with E-state index in [1.807, 2.05) is 13.8 Å². The van der Waals surface area contributed by atoms with Crippen LogP contribution < -0.4 is 27.0 Å². The number of hydrogen-bond acceptors (Lipinski definition) is 8. The van der Waals surface area contributed by atoms with E-state index in [1.165, 1.54) is 4.90 Å². The molecule has 1 heterocycles. The highest BCUT2D eigenvalue weighted by molar-refractivity contribution is 6.38. The molecule has 14 heteroatoms. The number of nitrogens with two attached hydrogens (primary N) is 1. The Hall–Kier alpha value is -4.49. The summed E-state index contributed by atoms with van der Waals surface area (Å²) in [6.45, 7) is 5.52. The molecule has 1 saturated carbocycles. The number of carbonyl (C=O) groups is 7. The highest BCUT2D eigenvalue weighted by Gasteiger charge is 2.42. The van der Waals surface area contributed by atoms with Gasteiger partial charge in [0.2, 0.25) is 29.4 Å². The third-order valence-electron chi connectivity index (χ3n) is 8.61. The molecule has 48 heavy (non-hydrogen) atoms. The summed E-state index contributed by atoms with van der Waals surface area (Å²) < 4.78 is 5.30. The van der Waals surface area contributed by atoms with Gasteiger partial charge in [-0.1, -0.05) is 76.8 Å². The van der Waals surface area contributed by atoms with Crippen molar-refractivity contribution in [1.82, 2.24) is 26.2 Å². The highest BCUT2D eigenvalue weighted by atomic mass is 16.5. The number of likely N-dealkylation sites (tertiary alicyclic amines) is 1. The summed E-state index contributed by atoms with van der Waals surface area (Å²) in [7, 11) is 0. The van der Waals surface area contributed by atoms with E-state index in [-0.39, 0.29) is 30.8 Å². The number of nitrogens with one attached hydrogen (secondary N) is 4. The van der Waals surface area contributed by atoms with Gasteiger partial charge in [0.25, 0.3) is 5.91 Å². The number of primary amides is 1. The van der Waals surface area contributed by atoms with Crippen LogP contribution in [0.3, 0.4) is 0 Å². The van der Waals surface area contributed by atoms with E-state index < -0.39 is 66.2 Å². The minimum absolute atomic E-state index is 0.0941. The van der Waals surface area contributed by atoms with Crippen molar-refractivity contribution >= 4 is 41.4 Å². The zero-order valence-electron chi connectivity index (χ0n) is 28.1. The molecule has 6 N–H and O–H groups in total. The molecule has 1 saturated heterocycles. The molecule has 1 aromatic carbocycles. The summed E-state index contributed by atoms with van der Waals surface area (Å²) in [5, 5.41) is 10.1. The van der Waals surface area contributed by atoms with Crippen LogP contribution in [-0.4, -0.2) is 84.1 Å². The van der Waals surface area contributed by atoms with Crippen molar-refractivity contribution < 1.29 is 38.3 Å². The molecular formula is C34H50N6O8. The minimum Gasteiger partial charge on any atom is -0.449 e. The van der Waals surface area contributed by atoms with Gasteiger partial charge in [0.1, 0.15) is 18.1 Å². The van der Waals surface area contributed by atoms with Gasteiger partial charge in [-0.05, 0) is 49.5 Å². The van der Waals surface area contributed by atoms with Crippen LogP contribution in [-0.2, 0) is 33.5 Å². The van der Waals surface area contributed by atoms with Gasteiger partial charge in [0, 0.05) is 6.54 Å². The van der Waals surface area contributed by atoms with Crippen LogP contribution in [0.1, 0.15) is 90.2 Å². The zero-order chi connectivity index (χ0) is 35.2. The fourth-order valence-corrected chi connectivity index (χ4v) is 6.15. The maximum absolute atomic E-state index is 13.9. The predicted octanol–water partition coefficient (Wildman–Crippen LogP) is 1.62. The fraction of sp³-hybridized carbons (Fsp3) is 0.618. The average molecular weight is 671 g/mol. The van der Waals surface area contributed by atoms with Gasteiger partial charge in [-0.2, -0.15) is 0 Å². The molecule has 0 bridgehead atoms. The zero-order valence-corrected chi connectivity index (χ0v) is 28.1. The number of carbonyl (C=O) groups excluding carboxylic acids is 7. The first kappa shape index (κ1) is 38.0. The number of benzene rings is 1. The first-order valence-electron chi connectivity index (χ1n) is 16.9. The summed E-state index contributed by atoms with van der Waals surface area (Å²) in [5.41, 5.74) is 5.89. The quantitative estimate of drug-likeness (QED) is 0.163. The SMILES string of the molecule is CCCC(NC(=O)[C@@H]1CCCN1C(=O)[C@@H](NC(=O)OCC(C)C)C1CCCCC1)C(=O)C(=O)NCC(=O)N[C@H](C(N)=O)c1ccccc1. The Morgan fingerprint density at radius 3 is 2.23 bits per heavy atom. The Kier molecular flexibility index (Phi) is 14.8. The van der Waals surface area contributed by atoms with Crippen molar-refractivity contribution in [3.8, 4) is 0 Å². The second kappa shape index (κ2) is 18.7. The third-order valence-corrected chi connectivity index (χ3v) is 8.61. The summed E-state index contributed by atoms with van der Waals surface area (Å²) in [6.07, 6.45) is 5.29. The maximum Gasteiger partial charge on any atom is 0.407 e. The summed E-state index contributed by atoms with van der Waals surface area (Å²) >= 11 is 0. The molecule has 2 aliphatic rings. The van der Waals surface area contributed by atoms with Gasteiger partial charge < -0.3 is 36.6 Å². The van der Waals surface area contributed by atoms with Crippen LogP contribution in [0.2, 0.25) is 0 Å². The molecule has 14 nitrogen and oxygen atoms in total. The Morgan fingerprint density at radius 2 is 1.60 bits per heavy atom. The van der Waals surface area contributed by atoms with Crippen LogP contribution in [0.15, 0.2) is 30.3 Å². The molecule has 0 radical (unpaired) electrons. The van der Waals surface area contributed by atoms with Crippen molar-refractivity contribution in [2.75, 3.05) is 19.7 Å². The number of ether oxygens (including phenoxy) is 1. The third kappa shape index (κ3) is 11.1. The normalized spacial score (nSPS) is 18.2. The second-order valence-electron chi connectivity index (χ2n) is 12.9. The number of hydrogen-bond donors (Lipinski definition) is 5. The standard InChI is InChI=1S/C34H50N6O8/c1-4-12-24(29(42)32(45)36-19-26(41)38-27(30(35)43)22-13-7-5-8-14-22)37-31(44)25-17-11-18-40(25)33(46)28(23-15-9-6-10-16-23)39-34(47)48-20-21(2)3/h5,7-8,13-14,21,23-25,27-28H,4,6,9-12,15-20H2,1-3H3,(H2,35,43)(H,36,45)(H,37,44)(H,38,41)(H,39,47)/t24?,25-,27-,28-/m0/s1. The molecular weight excluding hydrogens is 620 g/mol. The van der Waals surface area contributed by atoms with Crippen molar-refractivity contribution in [3.05, 3.63) is 35.9 Å². The number of alkyl carbamates (subject to hydrolysis) is 1. The Bertz CT molecular complexity index is 1300. The van der Waals surface area contributed by atoms with Gasteiger partial charge >= 0.3 is 6.09 Å². The maximum atomic E-state index is 13.9. The smallest absolute Gasteiger partial charge is 0.407 e. The molecule has 264 valence electrons. The van der Waals surface area contributed by atoms with Gasteiger partial charge in [0.05, 0.1) is 19.2 Å². The van der Waals surface area contributed by atoms with Gasteiger partial charge in [0.15, 0.2) is 0 Å². The van der Waals surface area contributed by atoms with E-state index in [9.17, 15) is 33.6 Å². The second-order valence-corrected chi connectivity index (χ2v) is 12.9. The van der Waals surface area contributed by atoms with Crippen LogP contribution in [0.25, 0.3) is 0 Å². The molecule has 6 amide bonds. The molecule has 1 aliphatic heterocycles. The molecule has 1 aliphatic carbocycles. The van der Waals surface area contributed by atoms with Gasteiger partial charge in [-0.15, -0.1) is 0 Å².